The molecular formula is C21H26N4O. The van der Waals surface area contributed by atoms with Gasteiger partial charge in [-0.1, -0.05) is 47.7 Å². The molecule has 0 aliphatic carbocycles. The van der Waals surface area contributed by atoms with E-state index in [1.807, 2.05) is 42.1 Å². The first-order valence-corrected chi connectivity index (χ1v) is 9.23. The van der Waals surface area contributed by atoms with Crippen LogP contribution in [0, 0.1) is 0 Å². The van der Waals surface area contributed by atoms with E-state index in [0.29, 0.717) is 6.61 Å². The Morgan fingerprint density at radius 2 is 1.92 bits per heavy atom. The van der Waals surface area contributed by atoms with E-state index in [1.54, 1.807) is 0 Å². The van der Waals surface area contributed by atoms with E-state index in [1.165, 1.54) is 5.56 Å². The molecule has 0 atom stereocenters. The molecule has 26 heavy (non-hydrogen) atoms. The standard InChI is InChI=1S/C21H26N4O/c1-2-26-20-11-6-8-18(16-20)12-14-22-13-7-15-25-17-21(23-24-25)19-9-4-3-5-10-19/h3-6,8-11,16-17,22H,2,7,12-15H2,1H3. The summed E-state index contributed by atoms with van der Waals surface area (Å²) in [6, 6.07) is 18.5. The van der Waals surface area contributed by atoms with Crippen molar-refractivity contribution in [2.75, 3.05) is 19.7 Å². The van der Waals surface area contributed by atoms with E-state index >= 15 is 0 Å². The van der Waals surface area contributed by atoms with Gasteiger partial charge in [-0.25, -0.2) is 0 Å². The molecule has 1 aromatic heterocycles. The van der Waals surface area contributed by atoms with Crippen molar-refractivity contribution in [3.63, 3.8) is 0 Å². The molecule has 0 amide bonds. The predicted molar refractivity (Wildman–Crippen MR) is 104 cm³/mol. The fourth-order valence-electron chi connectivity index (χ4n) is 2.83. The lowest BCUT2D eigenvalue weighted by molar-refractivity contribution is 0.340. The highest BCUT2D eigenvalue weighted by atomic mass is 16.5. The number of nitrogens with one attached hydrogen (secondary N) is 1. The van der Waals surface area contributed by atoms with Crippen LogP contribution < -0.4 is 10.1 Å². The topological polar surface area (TPSA) is 52.0 Å². The SMILES string of the molecule is CCOc1cccc(CCNCCCn2cc(-c3ccccc3)nn2)c1. The highest BCUT2D eigenvalue weighted by Crippen LogP contribution is 2.15. The average molecular weight is 350 g/mol. The number of rotatable bonds is 10. The lowest BCUT2D eigenvalue weighted by Crippen LogP contribution is -2.20. The second kappa shape index (κ2) is 9.73. The van der Waals surface area contributed by atoms with Crippen LogP contribution in [0.3, 0.4) is 0 Å². The van der Waals surface area contributed by atoms with Gasteiger partial charge in [0.2, 0.25) is 0 Å². The van der Waals surface area contributed by atoms with Gasteiger partial charge in [-0.3, -0.25) is 4.68 Å². The highest BCUT2D eigenvalue weighted by Gasteiger charge is 2.03. The van der Waals surface area contributed by atoms with Crippen molar-refractivity contribution in [1.82, 2.24) is 20.3 Å². The second-order valence-electron chi connectivity index (χ2n) is 6.17. The lowest BCUT2D eigenvalue weighted by Gasteiger charge is -2.07. The van der Waals surface area contributed by atoms with Crippen LogP contribution in [0.15, 0.2) is 60.8 Å². The summed E-state index contributed by atoms with van der Waals surface area (Å²) in [5, 5.41) is 11.9. The number of aryl methyl sites for hydroxylation is 1. The minimum absolute atomic E-state index is 0.704. The van der Waals surface area contributed by atoms with Crippen LogP contribution in [0.25, 0.3) is 11.3 Å². The zero-order valence-electron chi connectivity index (χ0n) is 15.3. The molecule has 0 saturated carbocycles. The summed E-state index contributed by atoms with van der Waals surface area (Å²) in [6.45, 7) is 5.50. The van der Waals surface area contributed by atoms with Crippen LogP contribution >= 0.6 is 0 Å². The number of benzene rings is 2. The lowest BCUT2D eigenvalue weighted by atomic mass is 10.1. The van der Waals surface area contributed by atoms with Crippen LogP contribution in [0.5, 0.6) is 5.75 Å². The van der Waals surface area contributed by atoms with E-state index < -0.39 is 0 Å². The zero-order chi connectivity index (χ0) is 18.0. The monoisotopic (exact) mass is 350 g/mol. The van der Waals surface area contributed by atoms with Gasteiger partial charge in [0.05, 0.1) is 12.8 Å². The summed E-state index contributed by atoms with van der Waals surface area (Å²) in [5.41, 5.74) is 3.33. The zero-order valence-corrected chi connectivity index (χ0v) is 15.3. The van der Waals surface area contributed by atoms with Crippen molar-refractivity contribution in [2.24, 2.45) is 0 Å². The van der Waals surface area contributed by atoms with Gasteiger partial charge in [0.15, 0.2) is 0 Å². The molecule has 2 aromatic carbocycles. The Hall–Kier alpha value is -2.66. The van der Waals surface area contributed by atoms with E-state index in [9.17, 15) is 0 Å². The van der Waals surface area contributed by atoms with Gasteiger partial charge in [-0.15, -0.1) is 5.10 Å². The van der Waals surface area contributed by atoms with Gasteiger partial charge >= 0.3 is 0 Å². The van der Waals surface area contributed by atoms with E-state index in [0.717, 1.165) is 49.5 Å². The molecule has 0 aliphatic heterocycles. The number of ether oxygens (including phenoxy) is 1. The van der Waals surface area contributed by atoms with Crippen LogP contribution in [-0.4, -0.2) is 34.7 Å². The second-order valence-corrected chi connectivity index (χ2v) is 6.17. The maximum Gasteiger partial charge on any atom is 0.119 e. The van der Waals surface area contributed by atoms with Gasteiger partial charge in [-0.2, -0.15) is 0 Å². The van der Waals surface area contributed by atoms with Crippen LogP contribution in [-0.2, 0) is 13.0 Å². The van der Waals surface area contributed by atoms with E-state index in [2.05, 4.69) is 46.0 Å². The van der Waals surface area contributed by atoms with Gasteiger partial charge in [0.1, 0.15) is 11.4 Å². The molecular weight excluding hydrogens is 324 g/mol. The highest BCUT2D eigenvalue weighted by molar-refractivity contribution is 5.57. The average Bonchev–Trinajstić information content (AvgIpc) is 3.15. The summed E-state index contributed by atoms with van der Waals surface area (Å²) < 4.78 is 7.45. The Labute approximate surface area is 155 Å². The van der Waals surface area contributed by atoms with Crippen LogP contribution in [0.2, 0.25) is 0 Å². The minimum atomic E-state index is 0.704. The van der Waals surface area contributed by atoms with Gasteiger partial charge in [0.25, 0.3) is 0 Å². The molecule has 0 bridgehead atoms. The first-order chi connectivity index (χ1) is 12.8. The Kier molecular flexibility index (Phi) is 6.79. The molecule has 5 nitrogen and oxygen atoms in total. The predicted octanol–water partition coefficient (Wildman–Crippen LogP) is 3.57. The first-order valence-electron chi connectivity index (χ1n) is 9.23. The molecule has 5 heteroatoms. The number of hydrogen-bond acceptors (Lipinski definition) is 4. The molecule has 136 valence electrons. The van der Waals surface area contributed by atoms with E-state index in [4.69, 9.17) is 4.74 Å². The maximum absolute atomic E-state index is 5.54. The minimum Gasteiger partial charge on any atom is -0.494 e. The van der Waals surface area contributed by atoms with Crippen molar-refractivity contribution in [2.45, 2.75) is 26.3 Å². The number of aromatic nitrogens is 3. The van der Waals surface area contributed by atoms with Gasteiger partial charge in [-0.05, 0) is 50.6 Å². The van der Waals surface area contributed by atoms with Crippen LogP contribution in [0.4, 0.5) is 0 Å². The Bertz CT molecular complexity index is 785. The number of nitrogens with zero attached hydrogens (tertiary/aromatic N) is 3. The molecule has 0 radical (unpaired) electrons. The fourth-order valence-corrected chi connectivity index (χ4v) is 2.83. The maximum atomic E-state index is 5.54. The van der Waals surface area contributed by atoms with Crippen LogP contribution in [0.1, 0.15) is 18.9 Å². The summed E-state index contributed by atoms with van der Waals surface area (Å²) in [4.78, 5) is 0. The molecule has 1 heterocycles. The van der Waals surface area contributed by atoms with E-state index in [-0.39, 0.29) is 0 Å². The summed E-state index contributed by atoms with van der Waals surface area (Å²) >= 11 is 0. The summed E-state index contributed by atoms with van der Waals surface area (Å²) in [7, 11) is 0. The van der Waals surface area contributed by atoms with Crippen molar-refractivity contribution < 1.29 is 4.74 Å². The molecule has 3 rings (SSSR count). The van der Waals surface area contributed by atoms with Crippen molar-refractivity contribution in [1.29, 1.82) is 0 Å². The van der Waals surface area contributed by atoms with Gasteiger partial charge in [0, 0.05) is 12.1 Å². The third-order valence-electron chi connectivity index (χ3n) is 4.15. The smallest absolute Gasteiger partial charge is 0.119 e. The number of hydrogen-bond donors (Lipinski definition) is 1. The van der Waals surface area contributed by atoms with Crippen molar-refractivity contribution >= 4 is 0 Å². The normalized spacial score (nSPS) is 10.8. The first kappa shape index (κ1) is 18.1. The quantitative estimate of drug-likeness (QED) is 0.568. The molecule has 0 saturated heterocycles. The summed E-state index contributed by atoms with van der Waals surface area (Å²) in [5.74, 6) is 0.949. The molecule has 1 N–H and O–H groups in total. The molecule has 0 aliphatic rings. The Morgan fingerprint density at radius 1 is 1.04 bits per heavy atom. The molecule has 0 fully saturated rings. The molecule has 3 aromatic rings. The fraction of sp³-hybridized carbons (Fsp3) is 0.333. The van der Waals surface area contributed by atoms with Crippen molar-refractivity contribution in [3.8, 4) is 17.0 Å². The third-order valence-corrected chi connectivity index (χ3v) is 4.15. The van der Waals surface area contributed by atoms with Gasteiger partial charge < -0.3 is 10.1 Å². The Balaban J connectivity index is 1.35. The third kappa shape index (κ3) is 5.43. The molecule has 0 spiro atoms. The molecule has 0 unspecified atom stereocenters. The largest absolute Gasteiger partial charge is 0.494 e. The van der Waals surface area contributed by atoms with Crippen molar-refractivity contribution in [3.05, 3.63) is 66.4 Å². The Morgan fingerprint density at radius 3 is 2.77 bits per heavy atom. The summed E-state index contributed by atoms with van der Waals surface area (Å²) in [6.07, 6.45) is 4.04.